The van der Waals surface area contributed by atoms with E-state index >= 15 is 0 Å². The maximum absolute atomic E-state index is 11.9. The van der Waals surface area contributed by atoms with Gasteiger partial charge in [-0.2, -0.15) is 0 Å². The third-order valence-corrected chi connectivity index (χ3v) is 3.80. The van der Waals surface area contributed by atoms with Gasteiger partial charge in [0.25, 0.3) is 0 Å². The first-order valence-electron chi connectivity index (χ1n) is 7.31. The minimum Gasteiger partial charge on any atom is -0.340 e. The van der Waals surface area contributed by atoms with E-state index in [0.29, 0.717) is 0 Å². The number of anilines is 3. The Morgan fingerprint density at radius 2 is 2.05 bits per heavy atom. The average Bonchev–Trinajstić information content (AvgIpc) is 2.39. The zero-order chi connectivity index (χ0) is 14.7. The Balaban J connectivity index is 1.62. The number of aromatic nitrogens is 1. The summed E-state index contributed by atoms with van der Waals surface area (Å²) >= 11 is 0. The molecule has 4 heteroatoms. The van der Waals surface area contributed by atoms with Gasteiger partial charge in [-0.25, -0.2) is 4.98 Å². The van der Waals surface area contributed by atoms with Crippen LogP contribution in [0.3, 0.4) is 0 Å². The molecule has 0 bridgehead atoms. The summed E-state index contributed by atoms with van der Waals surface area (Å²) in [7, 11) is 0. The van der Waals surface area contributed by atoms with Gasteiger partial charge in [-0.1, -0.05) is 18.6 Å². The van der Waals surface area contributed by atoms with Crippen molar-refractivity contribution in [3.8, 4) is 0 Å². The summed E-state index contributed by atoms with van der Waals surface area (Å²) in [6.07, 6.45) is 4.86. The molecule has 4 nitrogen and oxygen atoms in total. The van der Waals surface area contributed by atoms with Crippen LogP contribution in [0.4, 0.5) is 17.2 Å². The predicted octanol–water partition coefficient (Wildman–Crippen LogP) is 3.87. The van der Waals surface area contributed by atoms with Gasteiger partial charge in [0, 0.05) is 11.6 Å². The van der Waals surface area contributed by atoms with E-state index in [9.17, 15) is 4.79 Å². The van der Waals surface area contributed by atoms with Crippen molar-refractivity contribution in [2.45, 2.75) is 26.2 Å². The van der Waals surface area contributed by atoms with Gasteiger partial charge in [-0.15, -0.1) is 0 Å². The van der Waals surface area contributed by atoms with Crippen LogP contribution in [0.2, 0.25) is 0 Å². The molecule has 1 amide bonds. The lowest BCUT2D eigenvalue weighted by atomic mass is 9.85. The van der Waals surface area contributed by atoms with Crippen molar-refractivity contribution >= 4 is 23.1 Å². The van der Waals surface area contributed by atoms with Crippen LogP contribution >= 0.6 is 0 Å². The quantitative estimate of drug-likeness (QED) is 0.894. The highest BCUT2D eigenvalue weighted by atomic mass is 16.1. The van der Waals surface area contributed by atoms with Crippen LogP contribution in [0, 0.1) is 12.8 Å². The molecule has 21 heavy (non-hydrogen) atoms. The maximum atomic E-state index is 11.9. The number of nitrogens with zero attached hydrogens (tertiary/aromatic N) is 1. The lowest BCUT2D eigenvalue weighted by molar-refractivity contribution is -0.122. The maximum Gasteiger partial charge on any atom is 0.227 e. The highest BCUT2D eigenvalue weighted by molar-refractivity contribution is 5.92. The molecule has 0 unspecified atom stereocenters. The normalized spacial score (nSPS) is 14.3. The zero-order valence-corrected chi connectivity index (χ0v) is 12.1. The summed E-state index contributed by atoms with van der Waals surface area (Å²) in [4.78, 5) is 16.2. The fourth-order valence-corrected chi connectivity index (χ4v) is 2.33. The molecule has 0 spiro atoms. The van der Waals surface area contributed by atoms with Gasteiger partial charge in [0.1, 0.15) is 5.82 Å². The van der Waals surface area contributed by atoms with E-state index in [1.165, 1.54) is 5.56 Å². The Morgan fingerprint density at radius 1 is 1.19 bits per heavy atom. The van der Waals surface area contributed by atoms with E-state index < -0.39 is 0 Å². The van der Waals surface area contributed by atoms with Crippen LogP contribution in [0.15, 0.2) is 42.6 Å². The van der Waals surface area contributed by atoms with Crippen LogP contribution in [-0.2, 0) is 4.79 Å². The Morgan fingerprint density at radius 3 is 2.67 bits per heavy atom. The summed E-state index contributed by atoms with van der Waals surface area (Å²) < 4.78 is 0. The molecule has 3 rings (SSSR count). The molecular weight excluding hydrogens is 262 g/mol. The molecule has 1 aliphatic carbocycles. The highest BCUT2D eigenvalue weighted by Crippen LogP contribution is 2.27. The Labute approximate surface area is 124 Å². The summed E-state index contributed by atoms with van der Waals surface area (Å²) in [6.45, 7) is 2.05. The molecule has 2 N–H and O–H groups in total. The topological polar surface area (TPSA) is 54.0 Å². The lowest BCUT2D eigenvalue weighted by Gasteiger charge is -2.23. The van der Waals surface area contributed by atoms with E-state index in [-0.39, 0.29) is 11.8 Å². The number of carbonyl (C=O) groups is 1. The second-order valence-corrected chi connectivity index (χ2v) is 5.54. The first-order chi connectivity index (χ1) is 10.2. The van der Waals surface area contributed by atoms with Crippen LogP contribution in [0.1, 0.15) is 24.8 Å². The number of carbonyl (C=O) groups excluding carboxylic acids is 1. The van der Waals surface area contributed by atoms with Gasteiger partial charge in [-0.05, 0) is 49.6 Å². The molecule has 2 aromatic rings. The Hall–Kier alpha value is -2.36. The second kappa shape index (κ2) is 5.95. The first kappa shape index (κ1) is 13.6. The molecule has 0 aliphatic heterocycles. The summed E-state index contributed by atoms with van der Waals surface area (Å²) in [6, 6.07) is 11.9. The molecule has 1 aromatic heterocycles. The SMILES string of the molecule is Cc1cccc(Nc2ccc(NC(=O)C3CCC3)cn2)c1. The molecule has 0 radical (unpaired) electrons. The third kappa shape index (κ3) is 3.40. The van der Waals surface area contributed by atoms with Gasteiger partial charge in [0.15, 0.2) is 0 Å². The van der Waals surface area contributed by atoms with Crippen molar-refractivity contribution in [3.63, 3.8) is 0 Å². The summed E-state index contributed by atoms with van der Waals surface area (Å²) in [5.41, 5.74) is 2.96. The smallest absolute Gasteiger partial charge is 0.227 e. The fraction of sp³-hybridized carbons (Fsp3) is 0.294. The minimum atomic E-state index is 0.113. The number of benzene rings is 1. The van der Waals surface area contributed by atoms with E-state index in [2.05, 4.69) is 34.7 Å². The minimum absolute atomic E-state index is 0.113. The Kier molecular flexibility index (Phi) is 3.86. The third-order valence-electron chi connectivity index (χ3n) is 3.80. The lowest BCUT2D eigenvalue weighted by Crippen LogP contribution is -2.28. The number of hydrogen-bond acceptors (Lipinski definition) is 3. The van der Waals surface area contributed by atoms with Crippen molar-refractivity contribution < 1.29 is 4.79 Å². The molecule has 0 saturated heterocycles. The predicted molar refractivity (Wildman–Crippen MR) is 84.7 cm³/mol. The second-order valence-electron chi connectivity index (χ2n) is 5.54. The number of nitrogens with one attached hydrogen (secondary N) is 2. The van der Waals surface area contributed by atoms with Crippen molar-refractivity contribution in [2.24, 2.45) is 5.92 Å². The molecule has 1 heterocycles. The number of amides is 1. The van der Waals surface area contributed by atoms with Gasteiger partial charge in [-0.3, -0.25) is 4.79 Å². The van der Waals surface area contributed by atoms with Gasteiger partial charge >= 0.3 is 0 Å². The Bertz CT molecular complexity index is 633. The fourth-order valence-electron chi connectivity index (χ4n) is 2.33. The zero-order valence-electron chi connectivity index (χ0n) is 12.1. The highest BCUT2D eigenvalue weighted by Gasteiger charge is 2.25. The van der Waals surface area contributed by atoms with Crippen molar-refractivity contribution in [1.29, 1.82) is 0 Å². The van der Waals surface area contributed by atoms with E-state index in [1.807, 2.05) is 24.3 Å². The molecule has 0 atom stereocenters. The molecule has 108 valence electrons. The summed E-state index contributed by atoms with van der Waals surface area (Å²) in [5, 5.41) is 6.16. The standard InChI is InChI=1S/C17H19N3O/c1-12-4-2-7-14(10-12)19-16-9-8-15(11-18-16)20-17(21)13-5-3-6-13/h2,4,7-11,13H,3,5-6H2,1H3,(H,18,19)(H,20,21). The molecule has 1 aromatic carbocycles. The van der Waals surface area contributed by atoms with Crippen LogP contribution in [0.25, 0.3) is 0 Å². The van der Waals surface area contributed by atoms with Gasteiger partial charge in [0.2, 0.25) is 5.91 Å². The number of pyridine rings is 1. The first-order valence-corrected chi connectivity index (χ1v) is 7.31. The number of aryl methyl sites for hydroxylation is 1. The van der Waals surface area contributed by atoms with E-state index in [4.69, 9.17) is 0 Å². The van der Waals surface area contributed by atoms with Gasteiger partial charge in [0.05, 0.1) is 11.9 Å². The monoisotopic (exact) mass is 281 g/mol. The largest absolute Gasteiger partial charge is 0.340 e. The molecule has 1 aliphatic rings. The van der Waals surface area contributed by atoms with Crippen LogP contribution in [-0.4, -0.2) is 10.9 Å². The van der Waals surface area contributed by atoms with Crippen molar-refractivity contribution in [1.82, 2.24) is 4.98 Å². The number of rotatable bonds is 4. The average molecular weight is 281 g/mol. The molecular formula is C17H19N3O. The van der Waals surface area contributed by atoms with Crippen molar-refractivity contribution in [3.05, 3.63) is 48.2 Å². The van der Waals surface area contributed by atoms with E-state index in [0.717, 1.165) is 36.5 Å². The van der Waals surface area contributed by atoms with Crippen molar-refractivity contribution in [2.75, 3.05) is 10.6 Å². The molecule has 1 saturated carbocycles. The van der Waals surface area contributed by atoms with Crippen LogP contribution in [0.5, 0.6) is 0 Å². The number of hydrogen-bond donors (Lipinski definition) is 2. The molecule has 1 fully saturated rings. The van der Waals surface area contributed by atoms with E-state index in [1.54, 1.807) is 6.20 Å². The van der Waals surface area contributed by atoms with Gasteiger partial charge < -0.3 is 10.6 Å². The summed E-state index contributed by atoms with van der Waals surface area (Å²) in [5.74, 6) is 1.07. The van der Waals surface area contributed by atoms with Crippen LogP contribution < -0.4 is 10.6 Å².